The van der Waals surface area contributed by atoms with E-state index in [0.29, 0.717) is 15.6 Å². The zero-order chi connectivity index (χ0) is 15.6. The zero-order valence-electron chi connectivity index (χ0n) is 11.5. The summed E-state index contributed by atoms with van der Waals surface area (Å²) in [4.78, 5) is 13.4. The number of alkyl halides is 3. The molecule has 0 unspecified atom stereocenters. The van der Waals surface area contributed by atoms with E-state index in [1.807, 2.05) is 6.26 Å². The Hall–Kier alpha value is -0.890. The van der Waals surface area contributed by atoms with E-state index in [9.17, 15) is 18.0 Å². The number of nitrogen functional groups attached to an aromatic ring is 1. The van der Waals surface area contributed by atoms with Crippen LogP contribution < -0.4 is 11.1 Å². The molecule has 0 aromatic carbocycles. The van der Waals surface area contributed by atoms with Gasteiger partial charge in [-0.2, -0.15) is 13.2 Å². The predicted molar refractivity (Wildman–Crippen MR) is 81.3 cm³/mol. The van der Waals surface area contributed by atoms with Crippen molar-refractivity contribution in [2.45, 2.75) is 36.8 Å². The predicted octanol–water partition coefficient (Wildman–Crippen LogP) is 4.40. The molecule has 118 valence electrons. The van der Waals surface area contributed by atoms with Gasteiger partial charge in [0, 0.05) is 18.9 Å². The molecule has 0 bridgehead atoms. The molecule has 2 rings (SSSR count). The Bertz CT molecular complexity index is 524. The van der Waals surface area contributed by atoms with Gasteiger partial charge in [0.2, 0.25) is 0 Å². The lowest BCUT2D eigenvalue weighted by Crippen LogP contribution is -2.10. The number of Topliss-reactive ketones (excluding diaryl/α,β-unsaturated/α-hetero) is 1. The Balaban J connectivity index is 2.01. The van der Waals surface area contributed by atoms with Gasteiger partial charge in [0.15, 0.2) is 5.78 Å². The van der Waals surface area contributed by atoms with E-state index in [1.165, 1.54) is 23.1 Å². The molecule has 1 saturated carbocycles. The fourth-order valence-electron chi connectivity index (χ4n) is 1.95. The van der Waals surface area contributed by atoms with Crippen LogP contribution in [-0.2, 0) is 0 Å². The summed E-state index contributed by atoms with van der Waals surface area (Å²) in [5, 5.41) is 3.68. The summed E-state index contributed by atoms with van der Waals surface area (Å²) in [6.45, 7) is 0.212. The highest BCUT2D eigenvalue weighted by Gasteiger charge is 2.34. The van der Waals surface area contributed by atoms with Gasteiger partial charge in [0.1, 0.15) is 5.00 Å². The van der Waals surface area contributed by atoms with Gasteiger partial charge >= 0.3 is 6.18 Å². The minimum absolute atomic E-state index is 0.00102. The van der Waals surface area contributed by atoms with Crippen molar-refractivity contribution in [1.82, 2.24) is 0 Å². The third-order valence-electron chi connectivity index (χ3n) is 3.20. The highest BCUT2D eigenvalue weighted by Crippen LogP contribution is 2.45. The lowest BCUT2D eigenvalue weighted by Gasteiger charge is -2.08. The number of carbonyl (C=O) groups excluding carboxylic acids is 1. The van der Waals surface area contributed by atoms with Crippen LogP contribution >= 0.6 is 23.1 Å². The molecular formula is C13H17F3N2OS2. The molecule has 0 saturated heterocycles. The van der Waals surface area contributed by atoms with E-state index >= 15 is 0 Å². The molecule has 0 amide bonds. The molecule has 3 nitrogen and oxygen atoms in total. The summed E-state index contributed by atoms with van der Waals surface area (Å²) in [7, 11) is 0. The monoisotopic (exact) mass is 338 g/mol. The number of nitrogens with one attached hydrogen (secondary N) is 1. The van der Waals surface area contributed by atoms with E-state index in [2.05, 4.69) is 5.32 Å². The molecule has 1 aliphatic carbocycles. The lowest BCUT2D eigenvalue weighted by molar-refractivity contribution is -0.134. The average Bonchev–Trinajstić information content (AvgIpc) is 3.18. The number of rotatable bonds is 7. The van der Waals surface area contributed by atoms with Crippen molar-refractivity contribution in [3.63, 3.8) is 0 Å². The van der Waals surface area contributed by atoms with Gasteiger partial charge in [-0.3, -0.25) is 4.79 Å². The first kappa shape index (κ1) is 16.5. The normalized spacial score (nSPS) is 15.2. The smallest absolute Gasteiger partial charge is 0.389 e. The molecular weight excluding hydrogens is 321 g/mol. The standard InChI is InChI=1S/C13H17F3N2OS2/c1-20-11-8(17)10(9(19)7-3-4-7)21-12(11)18-6-2-5-13(14,15)16/h7,18H,2-6,17H2,1H3. The van der Waals surface area contributed by atoms with Crippen molar-refractivity contribution in [2.24, 2.45) is 5.92 Å². The number of anilines is 2. The molecule has 1 aromatic heterocycles. The van der Waals surface area contributed by atoms with Gasteiger partial charge in [0.05, 0.1) is 15.5 Å². The summed E-state index contributed by atoms with van der Waals surface area (Å²) < 4.78 is 36.3. The Morgan fingerprint density at radius 2 is 2.14 bits per heavy atom. The Kier molecular flexibility index (Phi) is 5.08. The van der Waals surface area contributed by atoms with Crippen LogP contribution in [0, 0.1) is 5.92 Å². The van der Waals surface area contributed by atoms with E-state index in [1.54, 1.807) is 0 Å². The minimum Gasteiger partial charge on any atom is -0.396 e. The molecule has 1 aromatic rings. The molecule has 0 atom stereocenters. The van der Waals surface area contributed by atoms with Crippen LogP contribution in [0.2, 0.25) is 0 Å². The number of thioether (sulfide) groups is 1. The van der Waals surface area contributed by atoms with Crippen LogP contribution in [-0.4, -0.2) is 24.8 Å². The zero-order valence-corrected chi connectivity index (χ0v) is 13.2. The number of hydrogen-bond donors (Lipinski definition) is 2. The first-order chi connectivity index (χ1) is 9.83. The molecule has 1 fully saturated rings. The first-order valence-electron chi connectivity index (χ1n) is 6.64. The summed E-state index contributed by atoms with van der Waals surface area (Å²) in [5.74, 6) is 0.148. The second-order valence-corrected chi connectivity index (χ2v) is 6.83. The summed E-state index contributed by atoms with van der Waals surface area (Å²) in [5.41, 5.74) is 6.46. The fourth-order valence-corrected chi connectivity index (χ4v) is 4.03. The number of hydrogen-bond acceptors (Lipinski definition) is 5. The van der Waals surface area contributed by atoms with Crippen molar-refractivity contribution in [1.29, 1.82) is 0 Å². The summed E-state index contributed by atoms with van der Waals surface area (Å²) >= 11 is 2.66. The molecule has 1 aliphatic rings. The highest BCUT2D eigenvalue weighted by molar-refractivity contribution is 7.99. The third-order valence-corrected chi connectivity index (χ3v) is 5.34. The van der Waals surface area contributed by atoms with Crippen molar-refractivity contribution < 1.29 is 18.0 Å². The van der Waals surface area contributed by atoms with Gasteiger partial charge in [-0.25, -0.2) is 0 Å². The Labute approximate surface area is 129 Å². The molecule has 0 radical (unpaired) electrons. The van der Waals surface area contributed by atoms with E-state index in [-0.39, 0.29) is 24.7 Å². The van der Waals surface area contributed by atoms with E-state index in [0.717, 1.165) is 17.7 Å². The summed E-state index contributed by atoms with van der Waals surface area (Å²) in [6.07, 6.45) is -1.31. The van der Waals surface area contributed by atoms with Gasteiger partial charge in [-0.1, -0.05) is 0 Å². The quantitative estimate of drug-likeness (QED) is 0.439. The molecule has 8 heteroatoms. The van der Waals surface area contributed by atoms with Gasteiger partial charge in [0.25, 0.3) is 0 Å². The van der Waals surface area contributed by atoms with Crippen LogP contribution in [0.25, 0.3) is 0 Å². The number of ketones is 1. The molecule has 0 spiro atoms. The van der Waals surface area contributed by atoms with Crippen LogP contribution in [0.3, 0.4) is 0 Å². The molecule has 3 N–H and O–H groups in total. The van der Waals surface area contributed by atoms with Crippen LogP contribution in [0.15, 0.2) is 4.90 Å². The van der Waals surface area contributed by atoms with Crippen molar-refractivity contribution in [2.75, 3.05) is 23.9 Å². The largest absolute Gasteiger partial charge is 0.396 e. The van der Waals surface area contributed by atoms with Crippen molar-refractivity contribution >= 4 is 39.6 Å². The number of thiophene rings is 1. The van der Waals surface area contributed by atoms with Crippen LogP contribution in [0.4, 0.5) is 23.9 Å². The van der Waals surface area contributed by atoms with Gasteiger partial charge in [-0.15, -0.1) is 23.1 Å². The third kappa shape index (κ3) is 4.29. The molecule has 1 heterocycles. The van der Waals surface area contributed by atoms with Crippen LogP contribution in [0.5, 0.6) is 0 Å². The maximum Gasteiger partial charge on any atom is 0.389 e. The van der Waals surface area contributed by atoms with E-state index < -0.39 is 12.6 Å². The van der Waals surface area contributed by atoms with E-state index in [4.69, 9.17) is 5.73 Å². The van der Waals surface area contributed by atoms with Gasteiger partial charge < -0.3 is 11.1 Å². The fraction of sp³-hybridized carbons (Fsp3) is 0.615. The molecule has 0 aliphatic heterocycles. The number of halogens is 3. The second kappa shape index (κ2) is 6.48. The first-order valence-corrected chi connectivity index (χ1v) is 8.68. The van der Waals surface area contributed by atoms with Crippen molar-refractivity contribution in [3.05, 3.63) is 4.88 Å². The summed E-state index contributed by atoms with van der Waals surface area (Å²) in [6, 6.07) is 0. The highest BCUT2D eigenvalue weighted by atomic mass is 32.2. The SMILES string of the molecule is CSc1c(NCCCC(F)(F)F)sc(C(=O)C2CC2)c1N. The Morgan fingerprint density at radius 3 is 2.67 bits per heavy atom. The maximum atomic E-state index is 12.1. The van der Waals surface area contributed by atoms with Crippen LogP contribution in [0.1, 0.15) is 35.4 Å². The second-order valence-electron chi connectivity index (χ2n) is 4.99. The number of nitrogens with two attached hydrogens (primary N) is 1. The average molecular weight is 338 g/mol. The van der Waals surface area contributed by atoms with Crippen molar-refractivity contribution in [3.8, 4) is 0 Å². The van der Waals surface area contributed by atoms with Gasteiger partial charge in [-0.05, 0) is 25.5 Å². The topological polar surface area (TPSA) is 55.1 Å². The molecule has 21 heavy (non-hydrogen) atoms. The minimum atomic E-state index is -4.13. The number of carbonyl (C=O) groups is 1. The lowest BCUT2D eigenvalue weighted by atomic mass is 10.2. The Morgan fingerprint density at radius 1 is 1.48 bits per heavy atom. The maximum absolute atomic E-state index is 12.1.